The molecule has 0 N–H and O–H groups in total. The second-order valence-electron chi connectivity index (χ2n) is 5.04. The molecule has 1 heterocycles. The number of rotatable bonds is 3. The van der Waals surface area contributed by atoms with Crippen LogP contribution in [0.15, 0.2) is 23.1 Å². The first-order chi connectivity index (χ1) is 9.32. The van der Waals surface area contributed by atoms with Crippen LogP contribution in [0.1, 0.15) is 30.1 Å². The second-order valence-corrected chi connectivity index (χ2v) is 6.95. The lowest BCUT2D eigenvalue weighted by atomic mass is 10.0. The van der Waals surface area contributed by atoms with Gasteiger partial charge in [-0.25, -0.2) is 12.8 Å². The third kappa shape index (κ3) is 2.83. The van der Waals surface area contributed by atoms with Gasteiger partial charge in [0.05, 0.1) is 5.97 Å². The minimum atomic E-state index is -4.01. The van der Waals surface area contributed by atoms with Crippen molar-refractivity contribution in [3.8, 4) is 0 Å². The van der Waals surface area contributed by atoms with E-state index in [1.807, 2.05) is 6.92 Å². The highest BCUT2D eigenvalue weighted by Crippen LogP contribution is 2.25. The Morgan fingerprint density at radius 3 is 2.75 bits per heavy atom. The van der Waals surface area contributed by atoms with Crippen LogP contribution in [0.2, 0.25) is 0 Å². The monoisotopic (exact) mass is 300 g/mol. The summed E-state index contributed by atoms with van der Waals surface area (Å²) in [4.78, 5) is 10.2. The van der Waals surface area contributed by atoms with Gasteiger partial charge in [-0.05, 0) is 36.5 Å². The van der Waals surface area contributed by atoms with E-state index in [1.165, 1.54) is 4.31 Å². The van der Waals surface area contributed by atoms with Gasteiger partial charge < -0.3 is 9.90 Å². The molecule has 2 rings (SSSR count). The zero-order valence-corrected chi connectivity index (χ0v) is 11.8. The zero-order valence-electron chi connectivity index (χ0n) is 11.0. The summed E-state index contributed by atoms with van der Waals surface area (Å²) < 4.78 is 39.8. The van der Waals surface area contributed by atoms with E-state index in [0.717, 1.165) is 24.6 Å². The Morgan fingerprint density at radius 1 is 1.45 bits per heavy atom. The highest BCUT2D eigenvalue weighted by Gasteiger charge is 2.31. The van der Waals surface area contributed by atoms with Crippen LogP contribution in [0.5, 0.6) is 0 Å². The summed E-state index contributed by atoms with van der Waals surface area (Å²) in [6, 6.07) is 2.65. The van der Waals surface area contributed by atoms with Crippen LogP contribution in [-0.4, -0.2) is 31.8 Å². The van der Waals surface area contributed by atoms with E-state index >= 15 is 0 Å². The molecule has 1 aliphatic heterocycles. The van der Waals surface area contributed by atoms with Gasteiger partial charge in [-0.2, -0.15) is 4.31 Å². The number of nitrogens with zero attached hydrogens (tertiary/aromatic N) is 1. The standard InChI is InChI=1S/C13H16FNO4S/c1-9-3-2-6-15(8-9)20(18,19)12-7-10(13(16)17)4-5-11(12)14/h4-5,7,9H,2-3,6,8H2,1H3,(H,16,17)/p-1/t9-/m1/s1. The molecule has 110 valence electrons. The predicted octanol–water partition coefficient (Wildman–Crippen LogP) is 0.610. The molecule has 1 fully saturated rings. The zero-order chi connectivity index (χ0) is 14.9. The molecule has 0 aliphatic carbocycles. The minimum Gasteiger partial charge on any atom is -0.545 e. The van der Waals surface area contributed by atoms with Crippen molar-refractivity contribution in [1.29, 1.82) is 0 Å². The number of carboxylic acids is 1. The van der Waals surface area contributed by atoms with E-state index in [9.17, 15) is 22.7 Å². The molecule has 0 radical (unpaired) electrons. The van der Waals surface area contributed by atoms with E-state index in [4.69, 9.17) is 0 Å². The largest absolute Gasteiger partial charge is 0.545 e. The maximum absolute atomic E-state index is 13.8. The number of sulfonamides is 1. The van der Waals surface area contributed by atoms with Crippen molar-refractivity contribution in [2.45, 2.75) is 24.7 Å². The van der Waals surface area contributed by atoms with E-state index in [-0.39, 0.29) is 11.5 Å². The fourth-order valence-electron chi connectivity index (χ4n) is 2.33. The first-order valence-electron chi connectivity index (χ1n) is 6.33. The third-order valence-electron chi connectivity index (χ3n) is 3.40. The number of hydrogen-bond donors (Lipinski definition) is 0. The highest BCUT2D eigenvalue weighted by molar-refractivity contribution is 7.89. The first-order valence-corrected chi connectivity index (χ1v) is 7.77. The van der Waals surface area contributed by atoms with Gasteiger partial charge >= 0.3 is 0 Å². The molecule has 7 heteroatoms. The van der Waals surface area contributed by atoms with Gasteiger partial charge in [0.2, 0.25) is 10.0 Å². The Balaban J connectivity index is 2.43. The van der Waals surface area contributed by atoms with Crippen molar-refractivity contribution in [2.75, 3.05) is 13.1 Å². The van der Waals surface area contributed by atoms with Crippen LogP contribution in [0.25, 0.3) is 0 Å². The SMILES string of the molecule is C[C@@H]1CCCN(S(=O)(=O)c2cc(C(=O)[O-])ccc2F)C1. The molecule has 0 unspecified atom stereocenters. The van der Waals surface area contributed by atoms with Gasteiger partial charge in [0, 0.05) is 13.1 Å². The number of carbonyl (C=O) groups is 1. The molecule has 1 aromatic rings. The summed E-state index contributed by atoms with van der Waals surface area (Å²) >= 11 is 0. The van der Waals surface area contributed by atoms with E-state index in [0.29, 0.717) is 19.5 Å². The van der Waals surface area contributed by atoms with E-state index in [1.54, 1.807) is 0 Å². The predicted molar refractivity (Wildman–Crippen MR) is 67.9 cm³/mol. The van der Waals surface area contributed by atoms with Crippen molar-refractivity contribution >= 4 is 16.0 Å². The van der Waals surface area contributed by atoms with Crippen LogP contribution in [0, 0.1) is 11.7 Å². The molecule has 0 amide bonds. The average Bonchev–Trinajstić information content (AvgIpc) is 2.38. The Kier molecular flexibility index (Phi) is 4.10. The molecular weight excluding hydrogens is 285 g/mol. The van der Waals surface area contributed by atoms with E-state index in [2.05, 4.69) is 0 Å². The van der Waals surface area contributed by atoms with Gasteiger partial charge in [0.1, 0.15) is 10.7 Å². The summed E-state index contributed by atoms with van der Waals surface area (Å²) in [5.41, 5.74) is -0.352. The Morgan fingerprint density at radius 2 is 2.15 bits per heavy atom. The maximum Gasteiger partial charge on any atom is 0.246 e. The lowest BCUT2D eigenvalue weighted by molar-refractivity contribution is -0.255. The second kappa shape index (κ2) is 5.49. The Bertz CT molecular complexity index is 629. The first kappa shape index (κ1) is 14.9. The van der Waals surface area contributed by atoms with Gasteiger partial charge in [0.25, 0.3) is 0 Å². The molecule has 1 aromatic carbocycles. The van der Waals surface area contributed by atoms with Crippen LogP contribution in [-0.2, 0) is 10.0 Å². The third-order valence-corrected chi connectivity index (χ3v) is 5.28. The Hall–Kier alpha value is -1.47. The van der Waals surface area contributed by atoms with Crippen molar-refractivity contribution in [3.05, 3.63) is 29.6 Å². The summed E-state index contributed by atoms with van der Waals surface area (Å²) in [7, 11) is -4.01. The van der Waals surface area contributed by atoms with E-state index < -0.39 is 26.7 Å². The van der Waals surface area contributed by atoms with Crippen molar-refractivity contribution in [2.24, 2.45) is 5.92 Å². The van der Waals surface area contributed by atoms with Gasteiger partial charge in [0.15, 0.2) is 0 Å². The lowest BCUT2D eigenvalue weighted by Crippen LogP contribution is -2.39. The van der Waals surface area contributed by atoms with Crippen LogP contribution in [0.3, 0.4) is 0 Å². The Labute approximate surface area is 117 Å². The van der Waals surface area contributed by atoms with Gasteiger partial charge in [-0.15, -0.1) is 0 Å². The summed E-state index contributed by atoms with van der Waals surface area (Å²) in [5, 5.41) is 10.8. The number of aromatic carboxylic acids is 1. The molecule has 0 aromatic heterocycles. The molecular formula is C13H15FNO4S-. The molecule has 20 heavy (non-hydrogen) atoms. The normalized spacial score (nSPS) is 20.8. The number of carbonyl (C=O) groups excluding carboxylic acids is 1. The van der Waals surface area contributed by atoms with Gasteiger partial charge in [-0.1, -0.05) is 13.0 Å². The molecule has 1 aliphatic rings. The quantitative estimate of drug-likeness (QED) is 0.819. The summed E-state index contributed by atoms with van der Waals surface area (Å²) in [6.45, 7) is 2.56. The van der Waals surface area contributed by atoms with Crippen LogP contribution in [0.4, 0.5) is 4.39 Å². The number of piperidine rings is 1. The summed E-state index contributed by atoms with van der Waals surface area (Å²) in [5.74, 6) is -2.28. The smallest absolute Gasteiger partial charge is 0.246 e. The van der Waals surface area contributed by atoms with Crippen molar-refractivity contribution in [3.63, 3.8) is 0 Å². The molecule has 0 spiro atoms. The number of carboxylic acid groups (broad SMARTS) is 1. The molecule has 0 saturated carbocycles. The highest BCUT2D eigenvalue weighted by atomic mass is 32.2. The molecule has 5 nitrogen and oxygen atoms in total. The molecule has 0 bridgehead atoms. The fraction of sp³-hybridized carbons (Fsp3) is 0.462. The maximum atomic E-state index is 13.8. The lowest BCUT2D eigenvalue weighted by Gasteiger charge is -2.30. The number of halogens is 1. The minimum absolute atomic E-state index is 0.200. The average molecular weight is 300 g/mol. The van der Waals surface area contributed by atoms with Gasteiger partial charge in [-0.3, -0.25) is 0 Å². The topological polar surface area (TPSA) is 77.5 Å². The van der Waals surface area contributed by atoms with Crippen molar-refractivity contribution < 1.29 is 22.7 Å². The molecule has 1 atom stereocenters. The van der Waals surface area contributed by atoms with Crippen LogP contribution >= 0.6 is 0 Å². The van der Waals surface area contributed by atoms with Crippen molar-refractivity contribution in [1.82, 2.24) is 4.31 Å². The van der Waals surface area contributed by atoms with Crippen LogP contribution < -0.4 is 5.11 Å². The molecule has 1 saturated heterocycles. The fourth-order valence-corrected chi connectivity index (χ4v) is 4.02. The number of benzene rings is 1. The summed E-state index contributed by atoms with van der Waals surface area (Å²) in [6.07, 6.45) is 1.63. The number of hydrogen-bond acceptors (Lipinski definition) is 4.